The van der Waals surface area contributed by atoms with Crippen LogP contribution in [0.3, 0.4) is 0 Å². The van der Waals surface area contributed by atoms with E-state index in [1.54, 1.807) is 0 Å². The molecular formula is C17H19NO. The van der Waals surface area contributed by atoms with Crippen molar-refractivity contribution in [2.24, 2.45) is 0 Å². The standard InChI is InChI=1S/C17H19NO/c1-13(2)15-8-10-16(11-9-15)17(19)18-12-14-6-4-3-5-7-14/h3-11,13H,12H2,1-2H3,(H,18,19). The lowest BCUT2D eigenvalue weighted by molar-refractivity contribution is 0.0951. The molecule has 2 nitrogen and oxygen atoms in total. The number of hydrogen-bond acceptors (Lipinski definition) is 1. The van der Waals surface area contributed by atoms with Gasteiger partial charge in [0.2, 0.25) is 0 Å². The molecule has 2 aromatic carbocycles. The van der Waals surface area contributed by atoms with Gasteiger partial charge in [-0.1, -0.05) is 56.3 Å². The van der Waals surface area contributed by atoms with Gasteiger partial charge in [0.05, 0.1) is 0 Å². The fourth-order valence-electron chi connectivity index (χ4n) is 1.90. The quantitative estimate of drug-likeness (QED) is 0.883. The highest BCUT2D eigenvalue weighted by atomic mass is 16.1. The van der Waals surface area contributed by atoms with Crippen LogP contribution in [0.5, 0.6) is 0 Å². The van der Waals surface area contributed by atoms with Gasteiger partial charge in [-0.2, -0.15) is 0 Å². The van der Waals surface area contributed by atoms with Crippen LogP contribution in [-0.4, -0.2) is 5.91 Å². The zero-order chi connectivity index (χ0) is 13.7. The predicted molar refractivity (Wildman–Crippen MR) is 78.1 cm³/mol. The van der Waals surface area contributed by atoms with Crippen molar-refractivity contribution in [3.63, 3.8) is 0 Å². The summed E-state index contributed by atoms with van der Waals surface area (Å²) >= 11 is 0. The van der Waals surface area contributed by atoms with E-state index in [-0.39, 0.29) is 5.91 Å². The maximum atomic E-state index is 12.0. The lowest BCUT2D eigenvalue weighted by Gasteiger charge is -2.08. The Bertz CT molecular complexity index is 529. The van der Waals surface area contributed by atoms with Crippen LogP contribution in [0.15, 0.2) is 54.6 Å². The molecule has 0 spiro atoms. The molecule has 0 saturated heterocycles. The van der Waals surface area contributed by atoms with Crippen molar-refractivity contribution >= 4 is 5.91 Å². The maximum absolute atomic E-state index is 12.0. The zero-order valence-electron chi connectivity index (χ0n) is 11.4. The summed E-state index contributed by atoms with van der Waals surface area (Å²) in [6.07, 6.45) is 0. The summed E-state index contributed by atoms with van der Waals surface area (Å²) < 4.78 is 0. The molecule has 0 saturated carbocycles. The minimum absolute atomic E-state index is 0.0286. The summed E-state index contributed by atoms with van der Waals surface area (Å²) in [6.45, 7) is 4.85. The van der Waals surface area contributed by atoms with Crippen molar-refractivity contribution in [1.29, 1.82) is 0 Å². The summed E-state index contributed by atoms with van der Waals surface area (Å²) in [7, 11) is 0. The average Bonchev–Trinajstić information content (AvgIpc) is 2.46. The molecule has 0 heterocycles. The monoisotopic (exact) mass is 253 g/mol. The zero-order valence-corrected chi connectivity index (χ0v) is 11.4. The van der Waals surface area contributed by atoms with Gasteiger partial charge in [0.25, 0.3) is 5.91 Å². The van der Waals surface area contributed by atoms with Crippen molar-refractivity contribution in [3.05, 3.63) is 71.3 Å². The number of carbonyl (C=O) groups excluding carboxylic acids is 1. The Kier molecular flexibility index (Phi) is 4.35. The summed E-state index contributed by atoms with van der Waals surface area (Å²) in [5, 5.41) is 2.92. The number of amides is 1. The van der Waals surface area contributed by atoms with Crippen LogP contribution in [0.4, 0.5) is 0 Å². The Hall–Kier alpha value is -2.09. The molecule has 0 aliphatic rings. The van der Waals surface area contributed by atoms with E-state index in [9.17, 15) is 4.79 Å². The lowest BCUT2D eigenvalue weighted by atomic mass is 10.0. The average molecular weight is 253 g/mol. The second kappa shape index (κ2) is 6.19. The molecule has 19 heavy (non-hydrogen) atoms. The SMILES string of the molecule is CC(C)c1ccc(C(=O)NCc2ccccc2)cc1. The number of carbonyl (C=O) groups is 1. The third-order valence-corrected chi connectivity index (χ3v) is 3.14. The third kappa shape index (κ3) is 3.68. The van der Waals surface area contributed by atoms with Crippen LogP contribution in [0.2, 0.25) is 0 Å². The van der Waals surface area contributed by atoms with Gasteiger partial charge in [-0.3, -0.25) is 4.79 Å². The first-order valence-corrected chi connectivity index (χ1v) is 6.59. The van der Waals surface area contributed by atoms with Crippen LogP contribution in [-0.2, 0) is 6.54 Å². The minimum atomic E-state index is -0.0286. The topological polar surface area (TPSA) is 29.1 Å². The van der Waals surface area contributed by atoms with Crippen LogP contribution in [0, 0.1) is 0 Å². The van der Waals surface area contributed by atoms with E-state index in [1.165, 1.54) is 5.56 Å². The largest absolute Gasteiger partial charge is 0.348 e. The number of benzene rings is 2. The molecule has 0 radical (unpaired) electrons. The Labute approximate surface area is 114 Å². The van der Waals surface area contributed by atoms with Crippen molar-refractivity contribution in [3.8, 4) is 0 Å². The summed E-state index contributed by atoms with van der Waals surface area (Å²) in [5.41, 5.74) is 3.06. The van der Waals surface area contributed by atoms with Gasteiger partial charge in [0.1, 0.15) is 0 Å². The summed E-state index contributed by atoms with van der Waals surface area (Å²) in [4.78, 5) is 12.0. The van der Waals surface area contributed by atoms with E-state index in [0.717, 1.165) is 5.56 Å². The molecule has 1 N–H and O–H groups in total. The highest BCUT2D eigenvalue weighted by Gasteiger charge is 2.06. The second-order valence-corrected chi connectivity index (χ2v) is 4.94. The van der Waals surface area contributed by atoms with Crippen molar-refractivity contribution in [2.75, 3.05) is 0 Å². The summed E-state index contributed by atoms with van der Waals surface area (Å²) in [5.74, 6) is 0.459. The molecule has 98 valence electrons. The van der Waals surface area contributed by atoms with Gasteiger partial charge in [-0.05, 0) is 29.2 Å². The molecular weight excluding hydrogens is 234 g/mol. The van der Waals surface area contributed by atoms with E-state index in [4.69, 9.17) is 0 Å². The van der Waals surface area contributed by atoms with Crippen LogP contribution < -0.4 is 5.32 Å². The minimum Gasteiger partial charge on any atom is -0.348 e. The van der Waals surface area contributed by atoms with Gasteiger partial charge in [-0.15, -0.1) is 0 Å². The molecule has 0 aliphatic carbocycles. The third-order valence-electron chi connectivity index (χ3n) is 3.14. The molecule has 1 amide bonds. The molecule has 0 bridgehead atoms. The van der Waals surface area contributed by atoms with E-state index in [0.29, 0.717) is 18.0 Å². The molecule has 0 aliphatic heterocycles. The van der Waals surface area contributed by atoms with Crippen molar-refractivity contribution < 1.29 is 4.79 Å². The highest BCUT2D eigenvalue weighted by molar-refractivity contribution is 5.94. The molecule has 0 aromatic heterocycles. The molecule has 0 unspecified atom stereocenters. The predicted octanol–water partition coefficient (Wildman–Crippen LogP) is 3.74. The molecule has 0 fully saturated rings. The Balaban J connectivity index is 1.96. The highest BCUT2D eigenvalue weighted by Crippen LogP contribution is 2.14. The maximum Gasteiger partial charge on any atom is 0.251 e. The van der Waals surface area contributed by atoms with Crippen molar-refractivity contribution in [2.45, 2.75) is 26.3 Å². The number of hydrogen-bond donors (Lipinski definition) is 1. The van der Waals surface area contributed by atoms with E-state index >= 15 is 0 Å². The lowest BCUT2D eigenvalue weighted by Crippen LogP contribution is -2.22. The van der Waals surface area contributed by atoms with E-state index in [1.807, 2.05) is 54.6 Å². The number of nitrogens with one attached hydrogen (secondary N) is 1. The Morgan fingerprint density at radius 3 is 2.21 bits per heavy atom. The molecule has 2 heteroatoms. The van der Waals surface area contributed by atoms with Gasteiger partial charge in [0.15, 0.2) is 0 Å². The van der Waals surface area contributed by atoms with Gasteiger partial charge in [0, 0.05) is 12.1 Å². The normalized spacial score (nSPS) is 10.5. The fourth-order valence-corrected chi connectivity index (χ4v) is 1.90. The smallest absolute Gasteiger partial charge is 0.251 e. The van der Waals surface area contributed by atoms with Gasteiger partial charge in [-0.25, -0.2) is 0 Å². The molecule has 2 aromatic rings. The first kappa shape index (κ1) is 13.3. The first-order valence-electron chi connectivity index (χ1n) is 6.59. The van der Waals surface area contributed by atoms with E-state index in [2.05, 4.69) is 19.2 Å². The molecule has 0 atom stereocenters. The first-order chi connectivity index (χ1) is 9.16. The van der Waals surface area contributed by atoms with Crippen LogP contribution in [0.1, 0.15) is 41.3 Å². The summed E-state index contributed by atoms with van der Waals surface area (Å²) in [6, 6.07) is 17.7. The Morgan fingerprint density at radius 2 is 1.63 bits per heavy atom. The Morgan fingerprint density at radius 1 is 1.00 bits per heavy atom. The number of rotatable bonds is 4. The van der Waals surface area contributed by atoms with Gasteiger partial charge >= 0.3 is 0 Å². The van der Waals surface area contributed by atoms with Crippen LogP contribution >= 0.6 is 0 Å². The van der Waals surface area contributed by atoms with E-state index < -0.39 is 0 Å². The fraction of sp³-hybridized carbons (Fsp3) is 0.235. The van der Waals surface area contributed by atoms with Crippen molar-refractivity contribution in [1.82, 2.24) is 5.32 Å². The van der Waals surface area contributed by atoms with Crippen LogP contribution in [0.25, 0.3) is 0 Å². The second-order valence-electron chi connectivity index (χ2n) is 4.94. The molecule has 2 rings (SSSR count). The van der Waals surface area contributed by atoms with Gasteiger partial charge < -0.3 is 5.32 Å².